The van der Waals surface area contributed by atoms with Gasteiger partial charge in [0, 0.05) is 19.4 Å². The maximum atomic E-state index is 10.6. The fourth-order valence-electron chi connectivity index (χ4n) is 1.38. The average Bonchev–Trinajstić information content (AvgIpc) is 2.73. The van der Waals surface area contributed by atoms with Crippen LogP contribution in [0.5, 0.6) is 5.75 Å². The minimum absolute atomic E-state index is 0. The van der Waals surface area contributed by atoms with Gasteiger partial charge in [-0.3, -0.25) is 0 Å². The molecule has 0 fully saturated rings. The Morgan fingerprint density at radius 1 is 1.39 bits per heavy atom. The minimum Gasteiger partial charge on any atom is -0.486 e. The maximum Gasteiger partial charge on any atom is 0.335 e. The first-order chi connectivity index (χ1) is 8.16. The zero-order chi connectivity index (χ0) is 12.3. The number of halogens is 1. The van der Waals surface area contributed by atoms with Crippen molar-refractivity contribution >= 4 is 18.4 Å². The third kappa shape index (κ3) is 3.24. The Kier molecular flexibility index (Phi) is 4.74. The summed E-state index contributed by atoms with van der Waals surface area (Å²) >= 11 is 0. The van der Waals surface area contributed by atoms with Gasteiger partial charge in [-0.05, 0) is 24.3 Å². The van der Waals surface area contributed by atoms with E-state index in [0.29, 0.717) is 12.4 Å². The highest BCUT2D eigenvalue weighted by molar-refractivity contribution is 5.87. The number of aromatic nitrogens is 2. The molecule has 0 aliphatic rings. The third-order valence-corrected chi connectivity index (χ3v) is 2.39. The minimum atomic E-state index is -0.944. The van der Waals surface area contributed by atoms with Crippen molar-refractivity contribution in [3.05, 3.63) is 48.0 Å². The first-order valence-electron chi connectivity index (χ1n) is 5.09. The monoisotopic (exact) mass is 268 g/mol. The molecule has 0 radical (unpaired) electrons. The van der Waals surface area contributed by atoms with E-state index in [0.717, 1.165) is 5.82 Å². The van der Waals surface area contributed by atoms with E-state index in [1.54, 1.807) is 18.3 Å². The standard InChI is InChI=1S/C12H12N2O3.ClH/c1-14-7-6-13-11(14)8-17-10-4-2-9(3-5-10)12(15)16;/h2-7H,8H2,1H3,(H,15,16);1H. The van der Waals surface area contributed by atoms with Crippen LogP contribution >= 0.6 is 12.4 Å². The number of carboxylic acids is 1. The summed E-state index contributed by atoms with van der Waals surface area (Å²) in [6.45, 7) is 0.357. The van der Waals surface area contributed by atoms with Crippen molar-refractivity contribution in [1.29, 1.82) is 0 Å². The fourth-order valence-corrected chi connectivity index (χ4v) is 1.38. The number of carboxylic acid groups (broad SMARTS) is 1. The summed E-state index contributed by atoms with van der Waals surface area (Å²) in [6, 6.07) is 6.28. The molecule has 18 heavy (non-hydrogen) atoms. The number of hydrogen-bond donors (Lipinski definition) is 1. The van der Waals surface area contributed by atoms with Crippen molar-refractivity contribution in [1.82, 2.24) is 9.55 Å². The van der Waals surface area contributed by atoms with Gasteiger partial charge in [-0.15, -0.1) is 12.4 Å². The van der Waals surface area contributed by atoms with Gasteiger partial charge in [0.15, 0.2) is 0 Å². The van der Waals surface area contributed by atoms with Gasteiger partial charge in [-0.25, -0.2) is 9.78 Å². The maximum absolute atomic E-state index is 10.6. The van der Waals surface area contributed by atoms with Gasteiger partial charge in [0.05, 0.1) is 5.56 Å². The number of imidazole rings is 1. The molecule has 96 valence electrons. The van der Waals surface area contributed by atoms with E-state index in [1.165, 1.54) is 12.1 Å². The molecule has 6 heteroatoms. The molecule has 1 aromatic heterocycles. The van der Waals surface area contributed by atoms with Crippen LogP contribution in [0, 0.1) is 0 Å². The lowest BCUT2D eigenvalue weighted by Gasteiger charge is -2.06. The highest BCUT2D eigenvalue weighted by Gasteiger charge is 2.03. The number of benzene rings is 1. The van der Waals surface area contributed by atoms with Crippen LogP contribution in [-0.4, -0.2) is 20.6 Å². The van der Waals surface area contributed by atoms with Crippen molar-refractivity contribution in [2.75, 3.05) is 0 Å². The Bertz CT molecular complexity index is 522. The molecular formula is C12H13ClN2O3. The molecule has 0 saturated carbocycles. The van der Waals surface area contributed by atoms with Gasteiger partial charge in [0.2, 0.25) is 0 Å². The third-order valence-electron chi connectivity index (χ3n) is 2.39. The molecule has 0 atom stereocenters. The van der Waals surface area contributed by atoms with Gasteiger partial charge in [0.25, 0.3) is 0 Å². The van der Waals surface area contributed by atoms with E-state index in [2.05, 4.69) is 4.98 Å². The largest absolute Gasteiger partial charge is 0.486 e. The summed E-state index contributed by atoms with van der Waals surface area (Å²) in [5.74, 6) is 0.492. The summed E-state index contributed by atoms with van der Waals surface area (Å²) in [7, 11) is 1.89. The second-order valence-corrected chi connectivity index (χ2v) is 3.57. The van der Waals surface area contributed by atoms with E-state index in [-0.39, 0.29) is 18.0 Å². The van der Waals surface area contributed by atoms with Gasteiger partial charge < -0.3 is 14.4 Å². The van der Waals surface area contributed by atoms with Crippen LogP contribution in [0.15, 0.2) is 36.7 Å². The quantitative estimate of drug-likeness (QED) is 0.922. The Morgan fingerprint density at radius 2 is 2.06 bits per heavy atom. The SMILES string of the molecule is Cl.Cn1ccnc1COc1ccc(C(=O)O)cc1. The first-order valence-corrected chi connectivity index (χ1v) is 5.09. The topological polar surface area (TPSA) is 64.4 Å². The lowest BCUT2D eigenvalue weighted by atomic mass is 10.2. The number of rotatable bonds is 4. The van der Waals surface area contributed by atoms with Crippen LogP contribution < -0.4 is 4.74 Å². The summed E-state index contributed by atoms with van der Waals surface area (Å²) in [4.78, 5) is 14.8. The molecular weight excluding hydrogens is 256 g/mol. The van der Waals surface area contributed by atoms with Crippen LogP contribution in [-0.2, 0) is 13.7 Å². The molecule has 0 unspecified atom stereocenters. The number of aryl methyl sites for hydroxylation is 1. The Hall–Kier alpha value is -2.01. The lowest BCUT2D eigenvalue weighted by molar-refractivity contribution is 0.0697. The van der Waals surface area contributed by atoms with Crippen molar-refractivity contribution in [2.45, 2.75) is 6.61 Å². The molecule has 2 rings (SSSR count). The van der Waals surface area contributed by atoms with Crippen molar-refractivity contribution in [3.8, 4) is 5.75 Å². The zero-order valence-electron chi connectivity index (χ0n) is 9.74. The molecule has 0 aliphatic heterocycles. The first kappa shape index (κ1) is 14.1. The Labute approximate surface area is 110 Å². The number of nitrogens with zero attached hydrogens (tertiary/aromatic N) is 2. The zero-order valence-corrected chi connectivity index (χ0v) is 10.6. The number of hydrogen-bond acceptors (Lipinski definition) is 3. The van der Waals surface area contributed by atoms with E-state index in [9.17, 15) is 4.79 Å². The molecule has 0 saturated heterocycles. The van der Waals surface area contributed by atoms with Crippen LogP contribution in [0.25, 0.3) is 0 Å². The molecule has 0 aliphatic carbocycles. The molecule has 1 aromatic carbocycles. The number of carbonyl (C=O) groups is 1. The number of ether oxygens (including phenoxy) is 1. The number of aromatic carboxylic acids is 1. The van der Waals surface area contributed by atoms with Crippen LogP contribution in [0.2, 0.25) is 0 Å². The van der Waals surface area contributed by atoms with E-state index >= 15 is 0 Å². The predicted molar refractivity (Wildman–Crippen MR) is 68.2 cm³/mol. The van der Waals surface area contributed by atoms with E-state index < -0.39 is 5.97 Å². The molecule has 1 heterocycles. The molecule has 0 spiro atoms. The van der Waals surface area contributed by atoms with Crippen LogP contribution in [0.3, 0.4) is 0 Å². The summed E-state index contributed by atoms with van der Waals surface area (Å²) in [6.07, 6.45) is 3.54. The molecule has 0 amide bonds. The van der Waals surface area contributed by atoms with Crippen LogP contribution in [0.1, 0.15) is 16.2 Å². The molecule has 2 aromatic rings. The van der Waals surface area contributed by atoms with Gasteiger partial charge >= 0.3 is 5.97 Å². The highest BCUT2D eigenvalue weighted by Crippen LogP contribution is 2.13. The van der Waals surface area contributed by atoms with Gasteiger partial charge in [-0.1, -0.05) is 0 Å². The summed E-state index contributed by atoms with van der Waals surface area (Å²) < 4.78 is 7.36. The van der Waals surface area contributed by atoms with Crippen LogP contribution in [0.4, 0.5) is 0 Å². The Balaban J connectivity index is 0.00000162. The molecule has 1 N–H and O–H groups in total. The predicted octanol–water partition coefficient (Wildman–Crippen LogP) is 2.12. The second kappa shape index (κ2) is 6.07. The average molecular weight is 269 g/mol. The Morgan fingerprint density at radius 3 is 2.56 bits per heavy atom. The van der Waals surface area contributed by atoms with Crippen molar-refractivity contribution < 1.29 is 14.6 Å². The van der Waals surface area contributed by atoms with E-state index in [4.69, 9.17) is 9.84 Å². The smallest absolute Gasteiger partial charge is 0.335 e. The second-order valence-electron chi connectivity index (χ2n) is 3.57. The fraction of sp³-hybridized carbons (Fsp3) is 0.167. The summed E-state index contributed by atoms with van der Waals surface area (Å²) in [5.41, 5.74) is 0.245. The van der Waals surface area contributed by atoms with Gasteiger partial charge in [0.1, 0.15) is 18.2 Å². The van der Waals surface area contributed by atoms with Crippen molar-refractivity contribution in [2.24, 2.45) is 7.05 Å². The van der Waals surface area contributed by atoms with E-state index in [1.807, 2.05) is 17.8 Å². The highest BCUT2D eigenvalue weighted by atomic mass is 35.5. The molecule has 0 bridgehead atoms. The molecule has 5 nitrogen and oxygen atoms in total. The lowest BCUT2D eigenvalue weighted by Crippen LogP contribution is -2.03. The van der Waals surface area contributed by atoms with Crippen molar-refractivity contribution in [3.63, 3.8) is 0 Å². The summed E-state index contributed by atoms with van der Waals surface area (Å²) in [5, 5.41) is 8.74. The normalized spacial score (nSPS) is 9.61. The van der Waals surface area contributed by atoms with Gasteiger partial charge in [-0.2, -0.15) is 0 Å².